The van der Waals surface area contributed by atoms with E-state index in [4.69, 9.17) is 5.73 Å². The lowest BCUT2D eigenvalue weighted by atomic mass is 9.92. The number of aromatic nitrogens is 2. The molecular weight excluding hydrogens is 394 g/mol. The van der Waals surface area contributed by atoms with Crippen molar-refractivity contribution in [2.75, 3.05) is 54.8 Å². The summed E-state index contributed by atoms with van der Waals surface area (Å²) in [6, 6.07) is 10.4. The van der Waals surface area contributed by atoms with Gasteiger partial charge in [-0.05, 0) is 18.3 Å². The van der Waals surface area contributed by atoms with Crippen molar-refractivity contribution < 1.29 is 9.82 Å². The van der Waals surface area contributed by atoms with E-state index in [1.807, 2.05) is 11.0 Å². The Kier molecular flexibility index (Phi) is 6.22. The molecule has 0 unspecified atom stereocenters. The monoisotopic (exact) mass is 426 g/mol. The second kappa shape index (κ2) is 9.05. The lowest BCUT2D eigenvalue weighted by Crippen LogP contribution is -3.13. The normalized spacial score (nSPS) is 22.5. The standard InChI is InChI=1S/C22H31N7O2/c1-16-12-17(2)14-28(13-16)22-24-20(23)19(29(30)31)21(25-22)27-10-8-26(9-11-27)15-18-6-4-3-5-7-18/h3-7,16-17H,8-15H2,1-2H3,(H2,23,24,25)/p+1/t16-,17-/m0/s1. The smallest absolute Gasteiger partial charge is 0.353 e. The van der Waals surface area contributed by atoms with Gasteiger partial charge < -0.3 is 20.4 Å². The number of benzene rings is 1. The molecule has 0 amide bonds. The van der Waals surface area contributed by atoms with Crippen molar-refractivity contribution in [3.63, 3.8) is 0 Å². The summed E-state index contributed by atoms with van der Waals surface area (Å²) in [7, 11) is 0. The van der Waals surface area contributed by atoms with Crippen molar-refractivity contribution in [3.8, 4) is 0 Å². The minimum absolute atomic E-state index is 0.0464. The molecule has 3 N–H and O–H groups in total. The van der Waals surface area contributed by atoms with Crippen LogP contribution >= 0.6 is 0 Å². The number of nitrogen functional groups attached to an aromatic ring is 1. The van der Waals surface area contributed by atoms with Gasteiger partial charge in [-0.15, -0.1) is 0 Å². The van der Waals surface area contributed by atoms with Crippen LogP contribution in [0, 0.1) is 22.0 Å². The molecule has 1 aromatic carbocycles. The van der Waals surface area contributed by atoms with Gasteiger partial charge in [0.15, 0.2) is 0 Å². The maximum Gasteiger partial charge on any atom is 0.353 e. The van der Waals surface area contributed by atoms with Crippen LogP contribution in [0.2, 0.25) is 0 Å². The number of anilines is 3. The highest BCUT2D eigenvalue weighted by atomic mass is 16.6. The molecule has 9 nitrogen and oxygen atoms in total. The van der Waals surface area contributed by atoms with Crippen LogP contribution in [0.1, 0.15) is 25.8 Å². The van der Waals surface area contributed by atoms with Crippen LogP contribution in [-0.2, 0) is 6.54 Å². The topological polar surface area (TPSA) is 106 Å². The minimum Gasteiger partial charge on any atom is -0.378 e. The van der Waals surface area contributed by atoms with Gasteiger partial charge in [-0.3, -0.25) is 10.1 Å². The van der Waals surface area contributed by atoms with Gasteiger partial charge in [-0.1, -0.05) is 44.2 Å². The number of nitrogens with two attached hydrogens (primary N) is 1. The molecule has 1 aromatic heterocycles. The number of piperazine rings is 1. The van der Waals surface area contributed by atoms with Crippen molar-refractivity contribution in [1.29, 1.82) is 0 Å². The highest BCUT2D eigenvalue weighted by Crippen LogP contribution is 2.34. The third-order valence-electron chi connectivity index (χ3n) is 6.28. The molecule has 0 aliphatic carbocycles. The third kappa shape index (κ3) is 4.87. The maximum atomic E-state index is 11.8. The molecule has 2 aliphatic rings. The summed E-state index contributed by atoms with van der Waals surface area (Å²) in [4.78, 5) is 26.0. The van der Waals surface area contributed by atoms with Crippen molar-refractivity contribution in [1.82, 2.24) is 9.97 Å². The number of nitrogens with one attached hydrogen (secondary N) is 1. The molecule has 0 spiro atoms. The van der Waals surface area contributed by atoms with Crippen LogP contribution in [0.4, 0.5) is 23.3 Å². The second-order valence-corrected chi connectivity index (χ2v) is 9.09. The first-order valence-corrected chi connectivity index (χ1v) is 11.1. The number of quaternary nitrogens is 1. The average Bonchev–Trinajstić information content (AvgIpc) is 2.73. The highest BCUT2D eigenvalue weighted by Gasteiger charge is 2.33. The first-order valence-electron chi connectivity index (χ1n) is 11.1. The lowest BCUT2D eigenvalue weighted by molar-refractivity contribution is -0.914. The largest absolute Gasteiger partial charge is 0.378 e. The van der Waals surface area contributed by atoms with Crippen molar-refractivity contribution in [3.05, 3.63) is 46.0 Å². The third-order valence-corrected chi connectivity index (χ3v) is 6.28. The van der Waals surface area contributed by atoms with E-state index >= 15 is 0 Å². The van der Waals surface area contributed by atoms with Gasteiger partial charge in [0.05, 0.1) is 31.1 Å². The summed E-state index contributed by atoms with van der Waals surface area (Å²) in [5, 5.41) is 11.8. The Morgan fingerprint density at radius 2 is 1.74 bits per heavy atom. The highest BCUT2D eigenvalue weighted by molar-refractivity contribution is 5.71. The molecule has 0 radical (unpaired) electrons. The summed E-state index contributed by atoms with van der Waals surface area (Å²) >= 11 is 0. The van der Waals surface area contributed by atoms with Gasteiger partial charge >= 0.3 is 5.69 Å². The first kappa shape index (κ1) is 21.3. The Labute approximate surface area is 183 Å². The molecule has 31 heavy (non-hydrogen) atoms. The molecule has 0 saturated carbocycles. The van der Waals surface area contributed by atoms with Gasteiger partial charge in [0.2, 0.25) is 17.6 Å². The molecular formula is C22H32N7O2+. The number of hydrogen-bond acceptors (Lipinski definition) is 7. The van der Waals surface area contributed by atoms with Crippen molar-refractivity contribution >= 4 is 23.3 Å². The van der Waals surface area contributed by atoms with E-state index in [0.717, 1.165) is 39.1 Å². The van der Waals surface area contributed by atoms with Gasteiger partial charge in [0, 0.05) is 18.7 Å². The molecule has 4 rings (SSSR count). The SMILES string of the molecule is C[C@H]1C[C@H](C)CN(c2nc(N)c([N+](=O)[O-])c(N3CC[NH+](Cc4ccccc4)CC3)n2)C1. The van der Waals surface area contributed by atoms with Gasteiger partial charge in [0.25, 0.3) is 0 Å². The van der Waals surface area contributed by atoms with Crippen LogP contribution in [0.3, 0.4) is 0 Å². The van der Waals surface area contributed by atoms with Gasteiger partial charge in [-0.25, -0.2) is 0 Å². The fraction of sp³-hybridized carbons (Fsp3) is 0.545. The van der Waals surface area contributed by atoms with E-state index in [-0.39, 0.29) is 11.5 Å². The summed E-state index contributed by atoms with van der Waals surface area (Å²) in [6.45, 7) is 10.3. The minimum atomic E-state index is -0.445. The lowest BCUT2D eigenvalue weighted by Gasteiger charge is -2.36. The number of nitrogens with zero attached hydrogens (tertiary/aromatic N) is 5. The zero-order valence-electron chi connectivity index (χ0n) is 18.3. The zero-order chi connectivity index (χ0) is 22.0. The van der Waals surface area contributed by atoms with Crippen LogP contribution < -0.4 is 20.4 Å². The molecule has 2 saturated heterocycles. The predicted octanol–water partition coefficient (Wildman–Crippen LogP) is 1.35. The quantitative estimate of drug-likeness (QED) is 0.549. The maximum absolute atomic E-state index is 11.8. The molecule has 2 atom stereocenters. The van der Waals surface area contributed by atoms with Crippen LogP contribution in [-0.4, -0.2) is 54.2 Å². The Bertz CT molecular complexity index is 906. The Morgan fingerprint density at radius 3 is 2.35 bits per heavy atom. The Balaban J connectivity index is 1.54. The van der Waals surface area contributed by atoms with E-state index in [1.165, 1.54) is 10.5 Å². The van der Waals surface area contributed by atoms with Gasteiger partial charge in [-0.2, -0.15) is 9.97 Å². The molecule has 2 fully saturated rings. The van der Waals surface area contributed by atoms with Crippen LogP contribution in [0.15, 0.2) is 30.3 Å². The molecule has 2 aromatic rings. The van der Waals surface area contributed by atoms with E-state index in [0.29, 0.717) is 36.7 Å². The van der Waals surface area contributed by atoms with E-state index in [9.17, 15) is 10.1 Å². The Morgan fingerprint density at radius 1 is 1.10 bits per heavy atom. The fourth-order valence-corrected chi connectivity index (χ4v) is 4.91. The predicted molar refractivity (Wildman–Crippen MR) is 121 cm³/mol. The summed E-state index contributed by atoms with van der Waals surface area (Å²) in [5.74, 6) is 1.87. The molecule has 166 valence electrons. The van der Waals surface area contributed by atoms with Crippen LogP contribution in [0.25, 0.3) is 0 Å². The molecule has 2 aliphatic heterocycles. The van der Waals surface area contributed by atoms with Gasteiger partial charge in [0.1, 0.15) is 6.54 Å². The molecule has 3 heterocycles. The zero-order valence-corrected chi connectivity index (χ0v) is 18.3. The number of rotatable bonds is 5. The fourth-order valence-electron chi connectivity index (χ4n) is 4.91. The summed E-state index contributed by atoms with van der Waals surface area (Å²) in [5.41, 5.74) is 7.22. The van der Waals surface area contributed by atoms with Crippen molar-refractivity contribution in [2.24, 2.45) is 11.8 Å². The summed E-state index contributed by atoms with van der Waals surface area (Å²) < 4.78 is 0. The number of hydrogen-bond donors (Lipinski definition) is 2. The van der Waals surface area contributed by atoms with E-state index in [2.05, 4.69) is 53.0 Å². The van der Waals surface area contributed by atoms with Crippen LogP contribution in [0.5, 0.6) is 0 Å². The summed E-state index contributed by atoms with van der Waals surface area (Å²) in [6.07, 6.45) is 1.16. The molecule has 9 heteroatoms. The van der Waals surface area contributed by atoms with E-state index < -0.39 is 4.92 Å². The number of piperidine rings is 1. The molecule has 0 bridgehead atoms. The Hall–Kier alpha value is -2.94. The second-order valence-electron chi connectivity index (χ2n) is 9.09. The average molecular weight is 427 g/mol. The number of nitro groups is 1. The van der Waals surface area contributed by atoms with Crippen molar-refractivity contribution in [2.45, 2.75) is 26.8 Å². The van der Waals surface area contributed by atoms with E-state index in [1.54, 1.807) is 0 Å². The first-order chi connectivity index (χ1) is 14.9.